The summed E-state index contributed by atoms with van der Waals surface area (Å²) >= 11 is 0. The van der Waals surface area contributed by atoms with E-state index in [-0.39, 0.29) is 18.5 Å². The number of rotatable bonds is 7. The van der Waals surface area contributed by atoms with Gasteiger partial charge in [-0.2, -0.15) is 0 Å². The van der Waals surface area contributed by atoms with E-state index >= 15 is 0 Å². The van der Waals surface area contributed by atoms with Crippen molar-refractivity contribution in [2.75, 3.05) is 6.67 Å². The fourth-order valence-electron chi connectivity index (χ4n) is 2.11. The summed E-state index contributed by atoms with van der Waals surface area (Å²) in [7, 11) is 0. The van der Waals surface area contributed by atoms with Gasteiger partial charge in [0, 0.05) is 12.1 Å². The van der Waals surface area contributed by atoms with Gasteiger partial charge in [0.05, 0.1) is 6.67 Å². The van der Waals surface area contributed by atoms with Crippen LogP contribution in [0.15, 0.2) is 60.7 Å². The first-order valence-corrected chi connectivity index (χ1v) is 8.00. The fourth-order valence-corrected chi connectivity index (χ4v) is 2.11. The molecular weight excluding hydrogens is 318 g/mol. The van der Waals surface area contributed by atoms with Gasteiger partial charge in [-0.1, -0.05) is 48.5 Å². The molecule has 0 spiro atoms. The van der Waals surface area contributed by atoms with Crippen LogP contribution in [-0.4, -0.2) is 24.4 Å². The van der Waals surface area contributed by atoms with E-state index in [4.69, 9.17) is 0 Å². The van der Waals surface area contributed by atoms with Gasteiger partial charge < -0.3 is 16.0 Å². The van der Waals surface area contributed by atoms with Crippen LogP contribution >= 0.6 is 0 Å². The summed E-state index contributed by atoms with van der Waals surface area (Å²) in [4.78, 5) is 35.9. The number of carbonyl (C=O) groups excluding carboxylic acids is 3. The summed E-state index contributed by atoms with van der Waals surface area (Å²) in [6.45, 7) is 1.85. The van der Waals surface area contributed by atoms with Gasteiger partial charge in [0.15, 0.2) is 0 Å². The molecule has 0 heterocycles. The fraction of sp³-hybridized carbons (Fsp3) is 0.211. The molecule has 25 heavy (non-hydrogen) atoms. The lowest BCUT2D eigenvalue weighted by Crippen LogP contribution is -2.44. The monoisotopic (exact) mass is 339 g/mol. The van der Waals surface area contributed by atoms with Crippen molar-refractivity contribution >= 4 is 17.7 Å². The van der Waals surface area contributed by atoms with E-state index in [2.05, 4.69) is 16.0 Å². The average Bonchev–Trinajstić information content (AvgIpc) is 2.66. The van der Waals surface area contributed by atoms with Crippen molar-refractivity contribution in [3.63, 3.8) is 0 Å². The molecule has 6 heteroatoms. The molecule has 2 rings (SSSR count). The molecular formula is C19H21N3O3. The molecule has 0 saturated heterocycles. The van der Waals surface area contributed by atoms with E-state index in [0.717, 1.165) is 5.56 Å². The number of benzene rings is 2. The van der Waals surface area contributed by atoms with Crippen molar-refractivity contribution in [3.05, 3.63) is 71.8 Å². The summed E-state index contributed by atoms with van der Waals surface area (Å²) < 4.78 is 0. The molecule has 0 aromatic heterocycles. The molecule has 0 aliphatic carbocycles. The molecule has 3 N–H and O–H groups in total. The standard InChI is InChI=1S/C19H21N3O3/c1-14(17(23)20-12-15-8-4-2-5-9-15)18(24)21-13-22-19(25)16-10-6-3-7-11-16/h2-11,14H,12-13H2,1H3,(H,20,23)(H,21,24)(H,22,25). The van der Waals surface area contributed by atoms with Crippen LogP contribution in [0.5, 0.6) is 0 Å². The second kappa shape index (κ2) is 9.22. The maximum atomic E-state index is 12.0. The lowest BCUT2D eigenvalue weighted by atomic mass is 10.1. The van der Waals surface area contributed by atoms with Crippen molar-refractivity contribution in [1.82, 2.24) is 16.0 Å². The summed E-state index contributed by atoms with van der Waals surface area (Å²) in [6, 6.07) is 18.1. The Hall–Kier alpha value is -3.15. The predicted octanol–water partition coefficient (Wildman–Crippen LogP) is 1.44. The highest BCUT2D eigenvalue weighted by Gasteiger charge is 2.20. The van der Waals surface area contributed by atoms with Gasteiger partial charge in [0.1, 0.15) is 5.92 Å². The van der Waals surface area contributed by atoms with E-state index in [1.807, 2.05) is 36.4 Å². The van der Waals surface area contributed by atoms with E-state index in [9.17, 15) is 14.4 Å². The first-order chi connectivity index (χ1) is 12.1. The van der Waals surface area contributed by atoms with E-state index in [1.165, 1.54) is 6.92 Å². The highest BCUT2D eigenvalue weighted by molar-refractivity contribution is 6.00. The molecule has 0 fully saturated rings. The zero-order valence-electron chi connectivity index (χ0n) is 14.0. The number of amides is 3. The highest BCUT2D eigenvalue weighted by atomic mass is 16.2. The topological polar surface area (TPSA) is 87.3 Å². The molecule has 0 aliphatic heterocycles. The molecule has 0 radical (unpaired) electrons. The lowest BCUT2D eigenvalue weighted by molar-refractivity contribution is -0.134. The average molecular weight is 339 g/mol. The first kappa shape index (κ1) is 18.2. The van der Waals surface area contributed by atoms with Crippen LogP contribution in [0.4, 0.5) is 0 Å². The third-order valence-corrected chi connectivity index (χ3v) is 3.64. The molecule has 2 aromatic carbocycles. The summed E-state index contributed by atoms with van der Waals surface area (Å²) in [5.41, 5.74) is 1.46. The third-order valence-electron chi connectivity index (χ3n) is 3.64. The molecule has 1 unspecified atom stereocenters. The van der Waals surface area contributed by atoms with Gasteiger partial charge in [0.2, 0.25) is 11.8 Å². The van der Waals surface area contributed by atoms with Crippen molar-refractivity contribution < 1.29 is 14.4 Å². The molecule has 0 bridgehead atoms. The molecule has 130 valence electrons. The predicted molar refractivity (Wildman–Crippen MR) is 94.4 cm³/mol. The van der Waals surface area contributed by atoms with Crippen LogP contribution in [0.1, 0.15) is 22.8 Å². The third kappa shape index (κ3) is 5.76. The summed E-state index contributed by atoms with van der Waals surface area (Å²) in [5.74, 6) is -1.95. The Kier molecular flexibility index (Phi) is 6.71. The van der Waals surface area contributed by atoms with Crippen LogP contribution in [0.2, 0.25) is 0 Å². The zero-order chi connectivity index (χ0) is 18.1. The van der Waals surface area contributed by atoms with Crippen molar-refractivity contribution in [2.45, 2.75) is 13.5 Å². The van der Waals surface area contributed by atoms with E-state index in [0.29, 0.717) is 12.1 Å². The SMILES string of the molecule is CC(C(=O)NCNC(=O)c1ccccc1)C(=O)NCc1ccccc1. The van der Waals surface area contributed by atoms with Crippen LogP contribution in [0, 0.1) is 5.92 Å². The maximum Gasteiger partial charge on any atom is 0.252 e. The number of nitrogens with one attached hydrogen (secondary N) is 3. The molecule has 1 atom stereocenters. The molecule has 3 amide bonds. The second-order valence-electron chi connectivity index (χ2n) is 5.51. The van der Waals surface area contributed by atoms with Gasteiger partial charge in [0.25, 0.3) is 5.91 Å². The van der Waals surface area contributed by atoms with Crippen molar-refractivity contribution in [3.8, 4) is 0 Å². The van der Waals surface area contributed by atoms with Gasteiger partial charge in [-0.25, -0.2) is 0 Å². The number of carbonyl (C=O) groups is 3. The van der Waals surface area contributed by atoms with Gasteiger partial charge in [-0.3, -0.25) is 14.4 Å². The molecule has 0 aliphatic rings. The largest absolute Gasteiger partial charge is 0.351 e. The quantitative estimate of drug-likeness (QED) is 0.527. The van der Waals surface area contributed by atoms with Gasteiger partial charge in [-0.15, -0.1) is 0 Å². The van der Waals surface area contributed by atoms with Crippen LogP contribution in [0.3, 0.4) is 0 Å². The minimum atomic E-state index is -0.850. The number of hydrogen-bond acceptors (Lipinski definition) is 3. The Morgan fingerprint density at radius 1 is 0.800 bits per heavy atom. The summed E-state index contributed by atoms with van der Waals surface area (Å²) in [6.07, 6.45) is 0. The second-order valence-corrected chi connectivity index (χ2v) is 5.51. The number of hydrogen-bond donors (Lipinski definition) is 3. The molecule has 0 saturated carbocycles. The van der Waals surface area contributed by atoms with Crippen LogP contribution < -0.4 is 16.0 Å². The normalized spacial score (nSPS) is 11.2. The van der Waals surface area contributed by atoms with Gasteiger partial charge in [-0.05, 0) is 24.6 Å². The minimum absolute atomic E-state index is 0.0388. The smallest absolute Gasteiger partial charge is 0.252 e. The van der Waals surface area contributed by atoms with Crippen LogP contribution in [0.25, 0.3) is 0 Å². The molecule has 2 aromatic rings. The Balaban J connectivity index is 1.72. The van der Waals surface area contributed by atoms with Gasteiger partial charge >= 0.3 is 0 Å². The van der Waals surface area contributed by atoms with Crippen LogP contribution in [-0.2, 0) is 16.1 Å². The van der Waals surface area contributed by atoms with E-state index in [1.54, 1.807) is 24.3 Å². The summed E-state index contributed by atoms with van der Waals surface area (Å²) in [5, 5.41) is 7.83. The lowest BCUT2D eigenvalue weighted by Gasteiger charge is -2.13. The highest BCUT2D eigenvalue weighted by Crippen LogP contribution is 2.00. The van der Waals surface area contributed by atoms with Crippen molar-refractivity contribution in [2.24, 2.45) is 5.92 Å². The Bertz CT molecular complexity index is 717. The first-order valence-electron chi connectivity index (χ1n) is 8.00. The minimum Gasteiger partial charge on any atom is -0.351 e. The van der Waals surface area contributed by atoms with E-state index < -0.39 is 11.8 Å². The Morgan fingerprint density at radius 2 is 1.36 bits per heavy atom. The Labute approximate surface area is 146 Å². The Morgan fingerprint density at radius 3 is 2.00 bits per heavy atom. The molecule has 6 nitrogen and oxygen atoms in total. The zero-order valence-corrected chi connectivity index (χ0v) is 14.0. The van der Waals surface area contributed by atoms with Crippen molar-refractivity contribution in [1.29, 1.82) is 0 Å². The maximum absolute atomic E-state index is 12.0.